The summed E-state index contributed by atoms with van der Waals surface area (Å²) >= 11 is 0. The number of aliphatic hydroxyl groups is 1. The number of hydrogen-bond acceptors (Lipinski definition) is 4. The number of aromatic nitrogens is 2. The number of carbonyl (C=O) groups is 1. The Morgan fingerprint density at radius 2 is 2.44 bits per heavy atom. The summed E-state index contributed by atoms with van der Waals surface area (Å²) in [6.45, 7) is 3.38. The zero-order valence-corrected chi connectivity index (χ0v) is 9.43. The van der Waals surface area contributed by atoms with Crippen molar-refractivity contribution in [2.45, 2.75) is 13.5 Å². The van der Waals surface area contributed by atoms with Gasteiger partial charge in [-0.1, -0.05) is 0 Å². The van der Waals surface area contributed by atoms with Gasteiger partial charge in [0.15, 0.2) is 5.69 Å². The second kappa shape index (κ2) is 4.13. The fourth-order valence-corrected chi connectivity index (χ4v) is 1.73. The smallest absolute Gasteiger partial charge is 0.274 e. The third-order valence-corrected chi connectivity index (χ3v) is 2.66. The Bertz CT molecular complexity index is 414. The SMILES string of the molecule is Cc1c(C(=O)N(C)CCO)nn2c1OCC2. The number of ether oxygens (including phenoxy) is 1. The van der Waals surface area contributed by atoms with Crippen molar-refractivity contribution in [2.24, 2.45) is 0 Å². The molecule has 0 radical (unpaired) electrons. The van der Waals surface area contributed by atoms with Crippen LogP contribution in [-0.2, 0) is 6.54 Å². The molecule has 0 saturated heterocycles. The van der Waals surface area contributed by atoms with Crippen molar-refractivity contribution in [1.29, 1.82) is 0 Å². The first-order valence-corrected chi connectivity index (χ1v) is 5.21. The number of aliphatic hydroxyl groups excluding tert-OH is 1. The lowest BCUT2D eigenvalue weighted by atomic mass is 10.2. The molecular formula is C10H15N3O3. The summed E-state index contributed by atoms with van der Waals surface area (Å²) in [5, 5.41) is 13.0. The molecule has 1 aromatic heterocycles. The van der Waals surface area contributed by atoms with Crippen LogP contribution >= 0.6 is 0 Å². The van der Waals surface area contributed by atoms with Crippen LogP contribution in [0.25, 0.3) is 0 Å². The first-order chi connectivity index (χ1) is 7.65. The van der Waals surface area contributed by atoms with Gasteiger partial charge in [-0.2, -0.15) is 5.10 Å². The van der Waals surface area contributed by atoms with Gasteiger partial charge in [0.2, 0.25) is 5.88 Å². The van der Waals surface area contributed by atoms with Crippen LogP contribution in [-0.4, -0.2) is 52.5 Å². The van der Waals surface area contributed by atoms with Crippen LogP contribution in [0, 0.1) is 6.92 Å². The Morgan fingerprint density at radius 1 is 1.69 bits per heavy atom. The zero-order chi connectivity index (χ0) is 11.7. The summed E-state index contributed by atoms with van der Waals surface area (Å²) in [6, 6.07) is 0. The van der Waals surface area contributed by atoms with E-state index in [1.54, 1.807) is 11.7 Å². The Balaban J connectivity index is 2.24. The number of carbonyl (C=O) groups excluding carboxylic acids is 1. The average molecular weight is 225 g/mol. The molecule has 0 aliphatic carbocycles. The van der Waals surface area contributed by atoms with Crippen LogP contribution in [0.15, 0.2) is 0 Å². The molecule has 1 aliphatic heterocycles. The van der Waals surface area contributed by atoms with Gasteiger partial charge in [0.05, 0.1) is 13.2 Å². The predicted molar refractivity (Wildman–Crippen MR) is 56.5 cm³/mol. The highest BCUT2D eigenvalue weighted by molar-refractivity contribution is 5.94. The molecular weight excluding hydrogens is 210 g/mol. The molecule has 0 unspecified atom stereocenters. The van der Waals surface area contributed by atoms with E-state index in [4.69, 9.17) is 9.84 Å². The molecule has 6 nitrogen and oxygen atoms in total. The van der Waals surface area contributed by atoms with Crippen LogP contribution < -0.4 is 4.74 Å². The van der Waals surface area contributed by atoms with E-state index in [0.717, 1.165) is 5.56 Å². The maximum atomic E-state index is 11.9. The van der Waals surface area contributed by atoms with Gasteiger partial charge < -0.3 is 14.7 Å². The van der Waals surface area contributed by atoms with E-state index in [2.05, 4.69) is 5.10 Å². The van der Waals surface area contributed by atoms with Crippen molar-refractivity contribution in [1.82, 2.24) is 14.7 Å². The molecule has 0 spiro atoms. The number of likely N-dealkylation sites (N-methyl/N-ethyl adjacent to an activating group) is 1. The number of hydrogen-bond donors (Lipinski definition) is 1. The minimum atomic E-state index is -0.183. The summed E-state index contributed by atoms with van der Waals surface area (Å²) < 4.78 is 7.08. The van der Waals surface area contributed by atoms with Crippen molar-refractivity contribution < 1.29 is 14.6 Å². The zero-order valence-electron chi connectivity index (χ0n) is 9.43. The Kier molecular flexibility index (Phi) is 2.82. The molecule has 6 heteroatoms. The van der Waals surface area contributed by atoms with Gasteiger partial charge in [-0.15, -0.1) is 0 Å². The van der Waals surface area contributed by atoms with Gasteiger partial charge in [-0.25, -0.2) is 4.68 Å². The summed E-state index contributed by atoms with van der Waals surface area (Å²) in [5.74, 6) is 0.498. The summed E-state index contributed by atoms with van der Waals surface area (Å²) in [4.78, 5) is 13.4. The predicted octanol–water partition coefficient (Wildman–Crippen LogP) is -0.352. The molecule has 2 heterocycles. The summed E-state index contributed by atoms with van der Waals surface area (Å²) in [7, 11) is 1.64. The monoisotopic (exact) mass is 225 g/mol. The molecule has 1 N–H and O–H groups in total. The summed E-state index contributed by atoms with van der Waals surface area (Å²) in [5.41, 5.74) is 1.18. The third-order valence-electron chi connectivity index (χ3n) is 2.66. The molecule has 0 fully saturated rings. The number of rotatable bonds is 3. The molecule has 0 aromatic carbocycles. The van der Waals surface area contributed by atoms with E-state index in [1.165, 1.54) is 4.90 Å². The standard InChI is InChI=1S/C10H15N3O3/c1-7-8(9(15)12(2)3-5-14)11-13-4-6-16-10(7)13/h14H,3-6H2,1-2H3. The fraction of sp³-hybridized carbons (Fsp3) is 0.600. The quantitative estimate of drug-likeness (QED) is 0.763. The molecule has 0 saturated carbocycles. The second-order valence-corrected chi connectivity index (χ2v) is 3.80. The average Bonchev–Trinajstić information content (AvgIpc) is 2.81. The van der Waals surface area contributed by atoms with Crippen LogP contribution in [0.4, 0.5) is 0 Å². The van der Waals surface area contributed by atoms with E-state index >= 15 is 0 Å². The molecule has 1 amide bonds. The molecule has 1 aromatic rings. The lowest BCUT2D eigenvalue weighted by molar-refractivity contribution is 0.0759. The molecule has 88 valence electrons. The number of nitrogens with zero attached hydrogens (tertiary/aromatic N) is 3. The topological polar surface area (TPSA) is 67.6 Å². The lowest BCUT2D eigenvalue weighted by Crippen LogP contribution is -2.30. The molecule has 1 aliphatic rings. The van der Waals surface area contributed by atoms with Crippen molar-refractivity contribution in [3.63, 3.8) is 0 Å². The largest absolute Gasteiger partial charge is 0.476 e. The molecule has 16 heavy (non-hydrogen) atoms. The van der Waals surface area contributed by atoms with Crippen LogP contribution in [0.3, 0.4) is 0 Å². The van der Waals surface area contributed by atoms with Gasteiger partial charge >= 0.3 is 0 Å². The van der Waals surface area contributed by atoms with Crippen LogP contribution in [0.2, 0.25) is 0 Å². The van der Waals surface area contributed by atoms with E-state index < -0.39 is 0 Å². The van der Waals surface area contributed by atoms with E-state index in [0.29, 0.717) is 31.3 Å². The van der Waals surface area contributed by atoms with Gasteiger partial charge in [-0.05, 0) is 6.92 Å². The van der Waals surface area contributed by atoms with Crippen LogP contribution in [0.1, 0.15) is 16.1 Å². The molecule has 0 atom stereocenters. The molecule has 0 bridgehead atoms. The minimum Gasteiger partial charge on any atom is -0.476 e. The van der Waals surface area contributed by atoms with Crippen molar-refractivity contribution in [3.8, 4) is 5.88 Å². The minimum absolute atomic E-state index is 0.0502. The van der Waals surface area contributed by atoms with E-state index in [-0.39, 0.29) is 12.5 Å². The Hall–Kier alpha value is -1.56. The second-order valence-electron chi connectivity index (χ2n) is 3.80. The van der Waals surface area contributed by atoms with Gasteiger partial charge in [-0.3, -0.25) is 4.79 Å². The van der Waals surface area contributed by atoms with Crippen molar-refractivity contribution in [3.05, 3.63) is 11.3 Å². The van der Waals surface area contributed by atoms with Gasteiger partial charge in [0.25, 0.3) is 5.91 Å². The van der Waals surface area contributed by atoms with Crippen LogP contribution in [0.5, 0.6) is 5.88 Å². The lowest BCUT2D eigenvalue weighted by Gasteiger charge is -2.14. The highest BCUT2D eigenvalue weighted by atomic mass is 16.5. The summed E-state index contributed by atoms with van der Waals surface area (Å²) in [6.07, 6.45) is 0. The third kappa shape index (κ3) is 1.65. The van der Waals surface area contributed by atoms with Gasteiger partial charge in [0.1, 0.15) is 6.61 Å². The number of fused-ring (bicyclic) bond motifs is 1. The first kappa shape index (κ1) is 10.9. The number of amides is 1. The van der Waals surface area contributed by atoms with E-state index in [1.807, 2.05) is 6.92 Å². The normalized spacial score (nSPS) is 13.4. The fourth-order valence-electron chi connectivity index (χ4n) is 1.73. The Labute approximate surface area is 93.4 Å². The first-order valence-electron chi connectivity index (χ1n) is 5.21. The van der Waals surface area contributed by atoms with Crippen molar-refractivity contribution in [2.75, 3.05) is 26.8 Å². The van der Waals surface area contributed by atoms with Crippen molar-refractivity contribution >= 4 is 5.91 Å². The maximum Gasteiger partial charge on any atom is 0.274 e. The maximum absolute atomic E-state index is 11.9. The molecule has 2 rings (SSSR count). The van der Waals surface area contributed by atoms with E-state index in [9.17, 15) is 4.79 Å². The highest BCUT2D eigenvalue weighted by Gasteiger charge is 2.25. The Morgan fingerprint density at radius 3 is 3.06 bits per heavy atom. The van der Waals surface area contributed by atoms with Gasteiger partial charge in [0, 0.05) is 19.2 Å². The highest BCUT2D eigenvalue weighted by Crippen LogP contribution is 2.25.